The second kappa shape index (κ2) is 5.46. The lowest BCUT2D eigenvalue weighted by atomic mass is 10.0. The standard InChI is InChI=1S/C14H17F2NO3/c1-14(2)8-17(6-10(7-18)20-14)13(19)9-3-4-11(15)12(16)5-9/h3-5,10,18H,6-8H2,1-2H3. The van der Waals surface area contributed by atoms with Crippen LogP contribution >= 0.6 is 0 Å². The molecule has 1 N–H and O–H groups in total. The molecule has 1 aliphatic heterocycles. The van der Waals surface area contributed by atoms with Crippen molar-refractivity contribution in [3.63, 3.8) is 0 Å². The third-order valence-electron chi connectivity index (χ3n) is 3.14. The average Bonchev–Trinajstić information content (AvgIpc) is 2.39. The Morgan fingerprint density at radius 3 is 2.75 bits per heavy atom. The fraction of sp³-hybridized carbons (Fsp3) is 0.500. The SMILES string of the molecule is CC1(C)CN(C(=O)c2ccc(F)c(F)c2)CC(CO)O1. The first-order valence-corrected chi connectivity index (χ1v) is 6.35. The number of carbonyl (C=O) groups excluding carboxylic acids is 1. The predicted molar refractivity (Wildman–Crippen MR) is 68.3 cm³/mol. The summed E-state index contributed by atoms with van der Waals surface area (Å²) in [6, 6.07) is 3.06. The molecule has 1 atom stereocenters. The number of rotatable bonds is 2. The van der Waals surface area contributed by atoms with Crippen molar-refractivity contribution in [2.75, 3.05) is 19.7 Å². The number of carbonyl (C=O) groups is 1. The second-order valence-electron chi connectivity index (χ2n) is 5.50. The number of hydrogen-bond donors (Lipinski definition) is 1. The highest BCUT2D eigenvalue weighted by Crippen LogP contribution is 2.22. The third kappa shape index (κ3) is 3.13. The zero-order chi connectivity index (χ0) is 14.9. The highest BCUT2D eigenvalue weighted by molar-refractivity contribution is 5.94. The molecule has 0 saturated carbocycles. The van der Waals surface area contributed by atoms with E-state index in [0.29, 0.717) is 6.54 Å². The van der Waals surface area contributed by atoms with Gasteiger partial charge in [0.25, 0.3) is 5.91 Å². The van der Waals surface area contributed by atoms with E-state index in [-0.39, 0.29) is 18.7 Å². The molecule has 1 aromatic rings. The molecule has 0 radical (unpaired) electrons. The normalized spacial score (nSPS) is 21.9. The van der Waals surface area contributed by atoms with Gasteiger partial charge in [0.1, 0.15) is 0 Å². The summed E-state index contributed by atoms with van der Waals surface area (Å²) >= 11 is 0. The van der Waals surface area contributed by atoms with Crippen molar-refractivity contribution in [2.45, 2.75) is 25.6 Å². The van der Waals surface area contributed by atoms with E-state index in [9.17, 15) is 18.7 Å². The molecule has 0 spiro atoms. The van der Waals surface area contributed by atoms with Gasteiger partial charge in [-0.25, -0.2) is 8.78 Å². The molecular formula is C14H17F2NO3. The molecule has 1 heterocycles. The predicted octanol–water partition coefficient (Wildman–Crippen LogP) is 1.58. The maximum absolute atomic E-state index is 13.2. The summed E-state index contributed by atoms with van der Waals surface area (Å²) in [5.74, 6) is -2.45. The van der Waals surface area contributed by atoms with Crippen molar-refractivity contribution in [1.82, 2.24) is 4.90 Å². The molecule has 1 aromatic carbocycles. The van der Waals surface area contributed by atoms with Gasteiger partial charge in [0, 0.05) is 18.7 Å². The van der Waals surface area contributed by atoms with Crippen LogP contribution in [0.2, 0.25) is 0 Å². The summed E-state index contributed by atoms with van der Waals surface area (Å²) in [6.07, 6.45) is -0.479. The van der Waals surface area contributed by atoms with Crippen molar-refractivity contribution in [3.8, 4) is 0 Å². The van der Waals surface area contributed by atoms with Crippen LogP contribution in [0.3, 0.4) is 0 Å². The fourth-order valence-electron chi connectivity index (χ4n) is 2.36. The van der Waals surface area contributed by atoms with Gasteiger partial charge in [-0.05, 0) is 32.0 Å². The number of nitrogens with zero attached hydrogens (tertiary/aromatic N) is 1. The van der Waals surface area contributed by atoms with Crippen LogP contribution in [0.25, 0.3) is 0 Å². The van der Waals surface area contributed by atoms with Crippen LogP contribution in [0, 0.1) is 11.6 Å². The Bertz CT molecular complexity index is 519. The lowest BCUT2D eigenvalue weighted by molar-refractivity contribution is -0.139. The molecule has 1 unspecified atom stereocenters. The largest absolute Gasteiger partial charge is 0.394 e. The first-order valence-electron chi connectivity index (χ1n) is 6.35. The number of ether oxygens (including phenoxy) is 1. The van der Waals surface area contributed by atoms with Gasteiger partial charge in [-0.2, -0.15) is 0 Å². The zero-order valence-electron chi connectivity index (χ0n) is 11.4. The number of hydrogen-bond acceptors (Lipinski definition) is 3. The monoisotopic (exact) mass is 285 g/mol. The van der Waals surface area contributed by atoms with Crippen LogP contribution in [0.1, 0.15) is 24.2 Å². The highest BCUT2D eigenvalue weighted by atomic mass is 19.2. The van der Waals surface area contributed by atoms with Crippen molar-refractivity contribution < 1.29 is 23.4 Å². The van der Waals surface area contributed by atoms with E-state index < -0.39 is 29.2 Å². The Morgan fingerprint density at radius 1 is 1.45 bits per heavy atom. The molecule has 0 aliphatic carbocycles. The topological polar surface area (TPSA) is 49.8 Å². The summed E-state index contributed by atoms with van der Waals surface area (Å²) in [5, 5.41) is 9.20. The third-order valence-corrected chi connectivity index (χ3v) is 3.14. The van der Waals surface area contributed by atoms with E-state index >= 15 is 0 Å². The molecule has 6 heteroatoms. The minimum atomic E-state index is -1.05. The van der Waals surface area contributed by atoms with E-state index in [1.807, 2.05) is 0 Å². The van der Waals surface area contributed by atoms with Crippen LogP contribution in [0.15, 0.2) is 18.2 Å². The molecular weight excluding hydrogens is 268 g/mol. The first kappa shape index (κ1) is 14.9. The fourth-order valence-corrected chi connectivity index (χ4v) is 2.36. The van der Waals surface area contributed by atoms with Gasteiger partial charge in [-0.15, -0.1) is 0 Å². The summed E-state index contributed by atoms with van der Waals surface area (Å²) in [5.41, 5.74) is -0.516. The number of halogens is 2. The number of benzene rings is 1. The minimum Gasteiger partial charge on any atom is -0.394 e. The molecule has 1 saturated heterocycles. The Morgan fingerprint density at radius 2 is 2.15 bits per heavy atom. The molecule has 1 amide bonds. The van der Waals surface area contributed by atoms with E-state index in [0.717, 1.165) is 12.1 Å². The zero-order valence-corrected chi connectivity index (χ0v) is 11.4. The smallest absolute Gasteiger partial charge is 0.254 e. The van der Waals surface area contributed by atoms with Gasteiger partial charge in [0.05, 0.1) is 18.3 Å². The van der Waals surface area contributed by atoms with Crippen LogP contribution in [0.5, 0.6) is 0 Å². The number of aliphatic hydroxyl groups is 1. The van der Waals surface area contributed by atoms with Crippen molar-refractivity contribution in [2.24, 2.45) is 0 Å². The summed E-state index contributed by atoms with van der Waals surface area (Å²) in [7, 11) is 0. The summed E-state index contributed by atoms with van der Waals surface area (Å²) in [4.78, 5) is 13.8. The van der Waals surface area contributed by atoms with Gasteiger partial charge in [0.2, 0.25) is 0 Å². The van der Waals surface area contributed by atoms with Crippen LogP contribution in [0.4, 0.5) is 8.78 Å². The lowest BCUT2D eigenvalue weighted by Crippen LogP contribution is -2.55. The summed E-state index contributed by atoms with van der Waals surface area (Å²) in [6.45, 7) is 3.95. The van der Waals surface area contributed by atoms with E-state index in [1.54, 1.807) is 13.8 Å². The molecule has 110 valence electrons. The maximum atomic E-state index is 13.2. The van der Waals surface area contributed by atoms with Gasteiger partial charge in [-0.3, -0.25) is 4.79 Å². The number of aliphatic hydroxyl groups excluding tert-OH is 1. The molecule has 2 rings (SSSR count). The quantitative estimate of drug-likeness (QED) is 0.897. The Labute approximate surface area is 116 Å². The van der Waals surface area contributed by atoms with Crippen molar-refractivity contribution in [3.05, 3.63) is 35.4 Å². The van der Waals surface area contributed by atoms with E-state index in [1.165, 1.54) is 11.0 Å². The van der Waals surface area contributed by atoms with Crippen LogP contribution in [-0.4, -0.2) is 47.3 Å². The number of morpholine rings is 1. The first-order chi connectivity index (χ1) is 9.32. The molecule has 20 heavy (non-hydrogen) atoms. The van der Waals surface area contributed by atoms with Gasteiger partial charge < -0.3 is 14.7 Å². The summed E-state index contributed by atoms with van der Waals surface area (Å²) < 4.78 is 31.7. The molecule has 1 fully saturated rings. The lowest BCUT2D eigenvalue weighted by Gasteiger charge is -2.42. The molecule has 4 nitrogen and oxygen atoms in total. The Kier molecular flexibility index (Phi) is 4.06. The number of amides is 1. The van der Waals surface area contributed by atoms with Gasteiger partial charge >= 0.3 is 0 Å². The van der Waals surface area contributed by atoms with Crippen molar-refractivity contribution >= 4 is 5.91 Å². The second-order valence-corrected chi connectivity index (χ2v) is 5.50. The van der Waals surface area contributed by atoms with Gasteiger partial charge in [0.15, 0.2) is 11.6 Å². The van der Waals surface area contributed by atoms with E-state index in [4.69, 9.17) is 4.74 Å². The van der Waals surface area contributed by atoms with Crippen molar-refractivity contribution in [1.29, 1.82) is 0 Å². The molecule has 0 bridgehead atoms. The Hall–Kier alpha value is -1.53. The van der Waals surface area contributed by atoms with Crippen LogP contribution < -0.4 is 0 Å². The molecule has 0 aromatic heterocycles. The minimum absolute atomic E-state index is 0.0817. The van der Waals surface area contributed by atoms with Crippen LogP contribution in [-0.2, 0) is 4.74 Å². The maximum Gasteiger partial charge on any atom is 0.254 e. The van der Waals surface area contributed by atoms with Gasteiger partial charge in [-0.1, -0.05) is 0 Å². The highest BCUT2D eigenvalue weighted by Gasteiger charge is 2.35. The average molecular weight is 285 g/mol. The molecule has 1 aliphatic rings. The Balaban J connectivity index is 2.21. The van der Waals surface area contributed by atoms with E-state index in [2.05, 4.69) is 0 Å².